The Bertz CT molecular complexity index is 324. The number of carbonyl (C=O) groups excluding carboxylic acids is 1. The zero-order valence-corrected chi connectivity index (χ0v) is 11.6. The zero-order valence-electron chi connectivity index (χ0n) is 11.6. The molecule has 1 rings (SSSR count). The van der Waals surface area contributed by atoms with E-state index in [1.54, 1.807) is 18.9 Å². The van der Waals surface area contributed by atoms with Gasteiger partial charge < -0.3 is 15.8 Å². The number of rotatable bonds is 5. The van der Waals surface area contributed by atoms with Crippen LogP contribution in [0.1, 0.15) is 46.0 Å². The molecule has 0 aromatic heterocycles. The number of oxime groups is 1. The maximum atomic E-state index is 12.4. The summed E-state index contributed by atoms with van der Waals surface area (Å²) in [4.78, 5) is 14.2. The van der Waals surface area contributed by atoms with E-state index < -0.39 is 5.41 Å². The van der Waals surface area contributed by atoms with E-state index >= 15 is 0 Å². The fourth-order valence-electron chi connectivity index (χ4n) is 2.64. The molecule has 1 saturated carbocycles. The van der Waals surface area contributed by atoms with E-state index in [9.17, 15) is 4.79 Å². The van der Waals surface area contributed by atoms with Gasteiger partial charge in [-0.25, -0.2) is 0 Å². The average Bonchev–Trinajstić information content (AvgIpc) is 2.88. The van der Waals surface area contributed by atoms with E-state index in [-0.39, 0.29) is 11.7 Å². The fourth-order valence-corrected chi connectivity index (χ4v) is 2.64. The van der Waals surface area contributed by atoms with Gasteiger partial charge in [-0.05, 0) is 32.1 Å². The molecule has 0 heterocycles. The molecule has 1 atom stereocenters. The number of amides is 1. The van der Waals surface area contributed by atoms with Gasteiger partial charge in [0.15, 0.2) is 5.84 Å². The highest BCUT2D eigenvalue weighted by molar-refractivity contribution is 6.06. The van der Waals surface area contributed by atoms with Crippen LogP contribution in [0.2, 0.25) is 0 Å². The summed E-state index contributed by atoms with van der Waals surface area (Å²) in [6.45, 7) is 4.38. The number of carbonyl (C=O) groups is 1. The molecule has 0 bridgehead atoms. The first-order valence-electron chi connectivity index (χ1n) is 6.69. The van der Waals surface area contributed by atoms with Crippen LogP contribution < -0.4 is 5.73 Å². The lowest BCUT2D eigenvalue weighted by Crippen LogP contribution is -2.49. The molecule has 1 amide bonds. The third kappa shape index (κ3) is 2.94. The summed E-state index contributed by atoms with van der Waals surface area (Å²) in [5.41, 5.74) is 4.76. The molecule has 5 heteroatoms. The van der Waals surface area contributed by atoms with Crippen LogP contribution >= 0.6 is 0 Å². The summed E-state index contributed by atoms with van der Waals surface area (Å²) >= 11 is 0. The molecule has 0 saturated heterocycles. The summed E-state index contributed by atoms with van der Waals surface area (Å²) in [6.07, 6.45) is 5.45. The molecule has 3 N–H and O–H groups in total. The van der Waals surface area contributed by atoms with E-state index in [2.05, 4.69) is 5.16 Å². The van der Waals surface area contributed by atoms with Crippen molar-refractivity contribution in [3.8, 4) is 0 Å². The van der Waals surface area contributed by atoms with E-state index in [4.69, 9.17) is 10.9 Å². The van der Waals surface area contributed by atoms with Gasteiger partial charge in [-0.3, -0.25) is 4.79 Å². The highest BCUT2D eigenvalue weighted by atomic mass is 16.4. The first kappa shape index (κ1) is 14.8. The summed E-state index contributed by atoms with van der Waals surface area (Å²) in [5.74, 6) is 0.535. The van der Waals surface area contributed by atoms with Crippen molar-refractivity contribution in [2.24, 2.45) is 22.2 Å². The molecule has 0 aliphatic heterocycles. The monoisotopic (exact) mass is 255 g/mol. The van der Waals surface area contributed by atoms with Crippen LogP contribution in [0, 0.1) is 11.3 Å². The highest BCUT2D eigenvalue weighted by Crippen LogP contribution is 2.28. The Kier molecular flexibility index (Phi) is 4.99. The second-order valence-electron chi connectivity index (χ2n) is 5.51. The Labute approximate surface area is 109 Å². The predicted molar refractivity (Wildman–Crippen MR) is 71.4 cm³/mol. The van der Waals surface area contributed by atoms with Gasteiger partial charge in [-0.15, -0.1) is 0 Å². The Morgan fingerprint density at radius 1 is 1.50 bits per heavy atom. The van der Waals surface area contributed by atoms with Gasteiger partial charge >= 0.3 is 0 Å². The summed E-state index contributed by atoms with van der Waals surface area (Å²) in [7, 11) is 1.80. The molecule has 0 radical (unpaired) electrons. The Balaban J connectivity index is 2.70. The Morgan fingerprint density at radius 2 is 2.06 bits per heavy atom. The molecule has 5 nitrogen and oxygen atoms in total. The van der Waals surface area contributed by atoms with Crippen molar-refractivity contribution in [1.82, 2.24) is 4.90 Å². The van der Waals surface area contributed by atoms with Crippen LogP contribution in [0.15, 0.2) is 5.16 Å². The van der Waals surface area contributed by atoms with Crippen molar-refractivity contribution in [3.63, 3.8) is 0 Å². The minimum Gasteiger partial charge on any atom is -0.409 e. The molecule has 0 spiro atoms. The molecule has 0 aromatic carbocycles. The van der Waals surface area contributed by atoms with Crippen LogP contribution in [0.25, 0.3) is 0 Å². The molecule has 1 unspecified atom stereocenters. The number of nitrogens with two attached hydrogens (primary N) is 1. The molecule has 0 aromatic rings. The van der Waals surface area contributed by atoms with E-state index in [1.165, 1.54) is 25.7 Å². The van der Waals surface area contributed by atoms with E-state index in [1.807, 2.05) is 6.92 Å². The average molecular weight is 255 g/mol. The molecule has 18 heavy (non-hydrogen) atoms. The normalized spacial score (nSPS) is 20.7. The SMILES string of the molecule is CCC(C)(C(=O)N(C)CC1CCCC1)C(N)=NO. The number of hydrogen-bond acceptors (Lipinski definition) is 3. The minimum absolute atomic E-state index is 0.00623. The smallest absolute Gasteiger partial charge is 0.235 e. The second-order valence-corrected chi connectivity index (χ2v) is 5.51. The molecule has 1 fully saturated rings. The van der Waals surface area contributed by atoms with Crippen molar-refractivity contribution >= 4 is 11.7 Å². The topological polar surface area (TPSA) is 78.9 Å². The Morgan fingerprint density at radius 3 is 2.50 bits per heavy atom. The lowest BCUT2D eigenvalue weighted by atomic mass is 9.84. The molecule has 1 aliphatic rings. The van der Waals surface area contributed by atoms with Crippen LogP contribution in [-0.2, 0) is 4.79 Å². The van der Waals surface area contributed by atoms with Gasteiger partial charge in [0.1, 0.15) is 5.41 Å². The maximum absolute atomic E-state index is 12.4. The standard InChI is InChI=1S/C13H25N3O2/c1-4-13(2,11(14)15-18)12(17)16(3)9-10-7-5-6-8-10/h10,18H,4-9H2,1-3H3,(H2,14,15). The van der Waals surface area contributed by atoms with Crippen LogP contribution in [0.5, 0.6) is 0 Å². The van der Waals surface area contributed by atoms with Gasteiger partial charge in [-0.2, -0.15) is 0 Å². The first-order chi connectivity index (χ1) is 8.45. The van der Waals surface area contributed by atoms with Gasteiger partial charge in [0.2, 0.25) is 5.91 Å². The van der Waals surface area contributed by atoms with Crippen LogP contribution in [-0.4, -0.2) is 35.4 Å². The number of amidine groups is 1. The lowest BCUT2D eigenvalue weighted by molar-refractivity contribution is -0.137. The van der Waals surface area contributed by atoms with E-state index in [0.717, 1.165) is 6.54 Å². The third-order valence-electron chi connectivity index (χ3n) is 4.21. The predicted octanol–water partition coefficient (Wildman–Crippen LogP) is 1.80. The molecular weight excluding hydrogens is 230 g/mol. The van der Waals surface area contributed by atoms with Crippen LogP contribution in [0.4, 0.5) is 0 Å². The maximum Gasteiger partial charge on any atom is 0.235 e. The van der Waals surface area contributed by atoms with Gasteiger partial charge in [0.05, 0.1) is 0 Å². The molecule has 1 aliphatic carbocycles. The minimum atomic E-state index is -0.901. The number of hydrogen-bond donors (Lipinski definition) is 2. The van der Waals surface area contributed by atoms with E-state index in [0.29, 0.717) is 12.3 Å². The van der Waals surface area contributed by atoms with Crippen LogP contribution in [0.3, 0.4) is 0 Å². The quantitative estimate of drug-likeness (QED) is 0.340. The largest absolute Gasteiger partial charge is 0.409 e. The zero-order chi connectivity index (χ0) is 13.8. The van der Waals surface area contributed by atoms with Gasteiger partial charge in [-0.1, -0.05) is 24.9 Å². The summed E-state index contributed by atoms with van der Waals surface area (Å²) < 4.78 is 0. The molecule has 104 valence electrons. The summed E-state index contributed by atoms with van der Waals surface area (Å²) in [6, 6.07) is 0. The van der Waals surface area contributed by atoms with Gasteiger partial charge in [0, 0.05) is 13.6 Å². The lowest BCUT2D eigenvalue weighted by Gasteiger charge is -2.32. The summed E-state index contributed by atoms with van der Waals surface area (Å²) in [5, 5.41) is 11.8. The molecular formula is C13H25N3O2. The third-order valence-corrected chi connectivity index (χ3v) is 4.21. The van der Waals surface area contributed by atoms with Crippen molar-refractivity contribution in [2.75, 3.05) is 13.6 Å². The second kappa shape index (κ2) is 6.07. The number of nitrogens with zero attached hydrogens (tertiary/aromatic N) is 2. The Hall–Kier alpha value is -1.26. The van der Waals surface area contributed by atoms with Crippen molar-refractivity contribution in [3.05, 3.63) is 0 Å². The van der Waals surface area contributed by atoms with Crippen molar-refractivity contribution in [2.45, 2.75) is 46.0 Å². The van der Waals surface area contributed by atoms with Gasteiger partial charge in [0.25, 0.3) is 0 Å². The first-order valence-corrected chi connectivity index (χ1v) is 6.69. The highest BCUT2D eigenvalue weighted by Gasteiger charge is 2.39. The fraction of sp³-hybridized carbons (Fsp3) is 0.846. The van der Waals surface area contributed by atoms with Crippen molar-refractivity contribution in [1.29, 1.82) is 0 Å². The van der Waals surface area contributed by atoms with Crippen molar-refractivity contribution < 1.29 is 10.0 Å².